The SMILES string of the molecule is O=[N+]([O-])c1ccc(CS(=O)(=O)Oc2nccs2)cc1. The van der Waals surface area contributed by atoms with Crippen LogP contribution >= 0.6 is 11.3 Å². The third kappa shape index (κ3) is 3.73. The first-order valence-electron chi connectivity index (χ1n) is 5.01. The molecule has 0 N–H and O–H groups in total. The molecule has 0 bridgehead atoms. The molecule has 1 aromatic heterocycles. The van der Waals surface area contributed by atoms with E-state index >= 15 is 0 Å². The molecule has 1 heterocycles. The molecule has 7 nitrogen and oxygen atoms in total. The highest BCUT2D eigenvalue weighted by atomic mass is 32.2. The van der Waals surface area contributed by atoms with Crippen molar-refractivity contribution >= 4 is 27.1 Å². The fourth-order valence-corrected chi connectivity index (χ4v) is 3.06. The summed E-state index contributed by atoms with van der Waals surface area (Å²) in [5.41, 5.74) is 0.309. The molecule has 0 fully saturated rings. The van der Waals surface area contributed by atoms with Crippen molar-refractivity contribution in [2.45, 2.75) is 5.75 Å². The predicted molar refractivity (Wildman–Crippen MR) is 68.5 cm³/mol. The van der Waals surface area contributed by atoms with Crippen LogP contribution in [0, 0.1) is 10.1 Å². The molecule has 2 aromatic rings. The van der Waals surface area contributed by atoms with Gasteiger partial charge in [0.05, 0.1) is 4.92 Å². The molecule has 0 atom stereocenters. The van der Waals surface area contributed by atoms with E-state index in [9.17, 15) is 18.5 Å². The maximum absolute atomic E-state index is 11.7. The molecule has 0 radical (unpaired) electrons. The van der Waals surface area contributed by atoms with Gasteiger partial charge in [0.15, 0.2) is 0 Å². The summed E-state index contributed by atoms with van der Waals surface area (Å²) in [4.78, 5) is 13.6. The smallest absolute Gasteiger partial charge is 0.315 e. The Morgan fingerprint density at radius 2 is 2.00 bits per heavy atom. The molecule has 9 heteroatoms. The van der Waals surface area contributed by atoms with E-state index in [0.717, 1.165) is 11.3 Å². The van der Waals surface area contributed by atoms with Crippen molar-refractivity contribution < 1.29 is 17.5 Å². The Kier molecular flexibility index (Phi) is 3.76. The summed E-state index contributed by atoms with van der Waals surface area (Å²) in [5.74, 6) is -0.370. The molecule has 0 saturated carbocycles. The lowest BCUT2D eigenvalue weighted by Gasteiger charge is -2.03. The largest absolute Gasteiger partial charge is 0.351 e. The summed E-state index contributed by atoms with van der Waals surface area (Å²) in [5, 5.41) is 12.1. The van der Waals surface area contributed by atoms with E-state index in [-0.39, 0.29) is 16.6 Å². The number of non-ortho nitro benzene ring substituents is 1. The molecule has 0 spiro atoms. The first-order chi connectivity index (χ1) is 8.96. The fourth-order valence-electron chi connectivity index (χ4n) is 1.31. The minimum absolute atomic E-state index is 0.0434. The molecule has 1 aromatic carbocycles. The number of nitro groups is 1. The number of nitro benzene ring substituents is 1. The highest BCUT2D eigenvalue weighted by Gasteiger charge is 2.16. The Bertz CT molecular complexity index is 664. The van der Waals surface area contributed by atoms with Crippen LogP contribution < -0.4 is 4.18 Å². The maximum Gasteiger partial charge on any atom is 0.315 e. The van der Waals surface area contributed by atoms with Gasteiger partial charge in [-0.15, -0.1) is 0 Å². The fraction of sp³-hybridized carbons (Fsp3) is 0.100. The van der Waals surface area contributed by atoms with Crippen molar-refractivity contribution in [3.8, 4) is 5.19 Å². The van der Waals surface area contributed by atoms with E-state index < -0.39 is 15.0 Å². The molecule has 0 saturated heterocycles. The van der Waals surface area contributed by atoms with Gasteiger partial charge in [-0.2, -0.15) is 8.42 Å². The molecule has 0 amide bonds. The number of benzene rings is 1. The van der Waals surface area contributed by atoms with Crippen LogP contribution in [0.25, 0.3) is 0 Å². The second-order valence-corrected chi connectivity index (χ2v) is 5.93. The molecular formula is C10H8N2O5S2. The highest BCUT2D eigenvalue weighted by molar-refractivity contribution is 7.86. The second-order valence-electron chi connectivity index (χ2n) is 3.51. The predicted octanol–water partition coefficient (Wildman–Crippen LogP) is 1.96. The van der Waals surface area contributed by atoms with E-state index in [2.05, 4.69) is 4.98 Å². The van der Waals surface area contributed by atoms with Crippen LogP contribution in [-0.2, 0) is 15.9 Å². The lowest BCUT2D eigenvalue weighted by molar-refractivity contribution is -0.384. The molecule has 0 aliphatic rings. The van der Waals surface area contributed by atoms with Crippen molar-refractivity contribution in [2.24, 2.45) is 0 Å². The monoisotopic (exact) mass is 300 g/mol. The van der Waals surface area contributed by atoms with Crippen LogP contribution in [0.1, 0.15) is 5.56 Å². The van der Waals surface area contributed by atoms with Crippen LogP contribution in [0.5, 0.6) is 5.19 Å². The molecule has 0 aliphatic heterocycles. The molecular weight excluding hydrogens is 292 g/mol. The van der Waals surface area contributed by atoms with Crippen LogP contribution in [-0.4, -0.2) is 18.3 Å². The zero-order chi connectivity index (χ0) is 13.9. The van der Waals surface area contributed by atoms with Gasteiger partial charge in [-0.3, -0.25) is 10.1 Å². The summed E-state index contributed by atoms with van der Waals surface area (Å²) >= 11 is 1.06. The zero-order valence-electron chi connectivity index (χ0n) is 9.42. The minimum Gasteiger partial charge on any atom is -0.351 e. The number of thiazole rings is 1. The van der Waals surface area contributed by atoms with Crippen molar-refractivity contribution in [1.29, 1.82) is 0 Å². The summed E-state index contributed by atoms with van der Waals surface area (Å²) in [7, 11) is -3.81. The average Bonchev–Trinajstić information content (AvgIpc) is 2.81. The first-order valence-corrected chi connectivity index (χ1v) is 7.47. The third-order valence-corrected chi connectivity index (χ3v) is 3.95. The van der Waals surface area contributed by atoms with Crippen molar-refractivity contribution in [2.75, 3.05) is 0 Å². The van der Waals surface area contributed by atoms with Gasteiger partial charge >= 0.3 is 10.1 Å². The Balaban J connectivity index is 2.09. The van der Waals surface area contributed by atoms with Crippen LogP contribution in [0.15, 0.2) is 35.8 Å². The normalized spacial score (nSPS) is 11.2. The molecule has 100 valence electrons. The quantitative estimate of drug-likeness (QED) is 0.475. The van der Waals surface area contributed by atoms with Crippen molar-refractivity contribution in [3.63, 3.8) is 0 Å². The number of nitrogens with zero attached hydrogens (tertiary/aromatic N) is 2. The van der Waals surface area contributed by atoms with Gasteiger partial charge < -0.3 is 4.18 Å². The van der Waals surface area contributed by atoms with E-state index in [1.54, 1.807) is 5.38 Å². The molecule has 2 rings (SSSR count). The number of rotatable bonds is 5. The molecule has 0 unspecified atom stereocenters. The Labute approximate surface area is 112 Å². The summed E-state index contributed by atoms with van der Waals surface area (Å²) < 4.78 is 28.2. The number of hydrogen-bond acceptors (Lipinski definition) is 7. The van der Waals surface area contributed by atoms with Crippen molar-refractivity contribution in [3.05, 3.63) is 51.5 Å². The van der Waals surface area contributed by atoms with E-state index in [0.29, 0.717) is 5.56 Å². The summed E-state index contributed by atoms with van der Waals surface area (Å²) in [6, 6.07) is 5.24. The van der Waals surface area contributed by atoms with Crippen LogP contribution in [0.3, 0.4) is 0 Å². The van der Waals surface area contributed by atoms with Gasteiger partial charge in [0.1, 0.15) is 5.75 Å². The van der Waals surface area contributed by atoms with E-state index in [1.807, 2.05) is 0 Å². The zero-order valence-corrected chi connectivity index (χ0v) is 11.1. The summed E-state index contributed by atoms with van der Waals surface area (Å²) in [6.45, 7) is 0. The van der Waals surface area contributed by atoms with Gasteiger partial charge in [-0.1, -0.05) is 23.5 Å². The topological polar surface area (TPSA) is 99.4 Å². The number of aromatic nitrogens is 1. The van der Waals surface area contributed by atoms with Gasteiger partial charge in [-0.05, 0) is 5.56 Å². The van der Waals surface area contributed by atoms with E-state index in [1.165, 1.54) is 30.5 Å². The maximum atomic E-state index is 11.7. The van der Waals surface area contributed by atoms with Crippen LogP contribution in [0.2, 0.25) is 0 Å². The van der Waals surface area contributed by atoms with Gasteiger partial charge in [0.2, 0.25) is 0 Å². The lowest BCUT2D eigenvalue weighted by Crippen LogP contribution is -2.11. The molecule has 0 aliphatic carbocycles. The standard InChI is InChI=1S/C10H8N2O5S2/c13-12(14)9-3-1-8(2-4-9)7-19(15,16)17-10-11-5-6-18-10/h1-6H,7H2. The number of hydrogen-bond donors (Lipinski definition) is 0. The summed E-state index contributed by atoms with van der Waals surface area (Å²) in [6.07, 6.45) is 1.43. The first kappa shape index (κ1) is 13.4. The Hall–Kier alpha value is -2.00. The van der Waals surface area contributed by atoms with Gasteiger partial charge in [0, 0.05) is 23.7 Å². The van der Waals surface area contributed by atoms with Gasteiger partial charge in [0.25, 0.3) is 10.9 Å². The van der Waals surface area contributed by atoms with Crippen molar-refractivity contribution in [1.82, 2.24) is 4.98 Å². The third-order valence-electron chi connectivity index (χ3n) is 2.10. The second kappa shape index (κ2) is 5.33. The Morgan fingerprint density at radius 3 is 2.53 bits per heavy atom. The average molecular weight is 300 g/mol. The lowest BCUT2D eigenvalue weighted by atomic mass is 10.2. The van der Waals surface area contributed by atoms with E-state index in [4.69, 9.17) is 4.18 Å². The Morgan fingerprint density at radius 1 is 1.32 bits per heavy atom. The highest BCUT2D eigenvalue weighted by Crippen LogP contribution is 2.19. The van der Waals surface area contributed by atoms with Gasteiger partial charge in [-0.25, -0.2) is 4.98 Å². The van der Waals surface area contributed by atoms with Crippen LogP contribution in [0.4, 0.5) is 5.69 Å². The minimum atomic E-state index is -3.81. The molecule has 19 heavy (non-hydrogen) atoms.